The van der Waals surface area contributed by atoms with Crippen LogP contribution in [0, 0.1) is 0 Å². The number of carbonyl (C=O) groups excluding carboxylic acids is 1. The summed E-state index contributed by atoms with van der Waals surface area (Å²) in [6.07, 6.45) is 15.5. The van der Waals surface area contributed by atoms with Gasteiger partial charge in [0.15, 0.2) is 16.8 Å². The molecule has 6 rings (SSSR count). The standard InChI is InChI=1S/C48H59N3O5S3.CH4O/c1-47(2)40-17-6-8-19-42(40)50(30-12-32-57)44(47)27-21-35-14-10-15-36(46(35)56-38-23-25-39(26-24-38)59(54)55)22-28-45-48(3,29-11-16-37(52)34-49(4)5)41-18-7-9-20-43(41)51(45)31-13-33-58-53;1-2/h6-9,17-28H,10-16,29-34H2,1-5H3,(H2-,53,54,55,57);2H,1H3/p+1. The summed E-state index contributed by atoms with van der Waals surface area (Å²) < 4.78 is 40.5. The van der Waals surface area contributed by atoms with Crippen LogP contribution >= 0.6 is 24.7 Å². The average Bonchev–Trinajstić information content (AvgIpc) is 3.61. The van der Waals surface area contributed by atoms with Crippen molar-refractivity contribution >= 4 is 58.6 Å². The number of thiol groups is 1. The monoisotopic (exact) mass is 886 g/mol. The molecule has 0 aromatic heterocycles. The Morgan fingerprint density at radius 1 is 0.951 bits per heavy atom. The van der Waals surface area contributed by atoms with Crippen LogP contribution in [0.25, 0.3) is 0 Å². The van der Waals surface area contributed by atoms with Crippen molar-refractivity contribution in [2.75, 3.05) is 57.2 Å². The van der Waals surface area contributed by atoms with Gasteiger partial charge in [0.25, 0.3) is 0 Å². The van der Waals surface area contributed by atoms with Gasteiger partial charge in [0.2, 0.25) is 5.69 Å². The number of ketones is 1. The van der Waals surface area contributed by atoms with E-state index in [1.54, 1.807) is 24.3 Å². The number of aliphatic hydroxyl groups is 1. The minimum absolute atomic E-state index is 0.199. The SMILES string of the molecule is CN(C)CC(=O)CCCC1(C)/C(=C\C=C2/CCCC(/C=C/C3=[N+](CCCS)c4ccccc4C3(C)C)=C2Oc2ccc(S(=O)O)cc2)N(CCCSO)c2ccccc21.CO. The lowest BCUT2D eigenvalue weighted by Gasteiger charge is -2.31. The maximum absolute atomic E-state index is 12.8. The van der Waals surface area contributed by atoms with Crippen molar-refractivity contribution in [2.24, 2.45) is 0 Å². The molecule has 3 aromatic rings. The number of para-hydroxylation sites is 2. The third-order valence-corrected chi connectivity index (χ3v) is 13.3. The van der Waals surface area contributed by atoms with Gasteiger partial charge >= 0.3 is 0 Å². The Labute approximate surface area is 375 Å². The van der Waals surface area contributed by atoms with Crippen LogP contribution in [-0.4, -0.2) is 91.7 Å². The number of hydrogen-bond donors (Lipinski definition) is 4. The molecule has 328 valence electrons. The van der Waals surface area contributed by atoms with Gasteiger partial charge in [-0.1, -0.05) is 42.5 Å². The molecule has 0 radical (unpaired) electrons. The van der Waals surface area contributed by atoms with Crippen LogP contribution in [0.15, 0.2) is 125 Å². The molecule has 3 aliphatic rings. The molecule has 0 saturated carbocycles. The zero-order chi connectivity index (χ0) is 44.2. The number of nitrogens with zero attached hydrogens (tertiary/aromatic N) is 3. The Hall–Kier alpha value is -3.75. The second-order valence-electron chi connectivity index (χ2n) is 16.7. The number of anilines is 1. The highest BCUT2D eigenvalue weighted by Gasteiger charge is 2.44. The first kappa shape index (κ1) is 48.3. The molecule has 0 fully saturated rings. The van der Waals surface area contributed by atoms with Gasteiger partial charge in [-0.25, -0.2) is 4.21 Å². The molecule has 3 N–H and O–H groups in total. The van der Waals surface area contributed by atoms with E-state index in [2.05, 4.69) is 116 Å². The third-order valence-electron chi connectivity index (χ3n) is 11.8. The number of aliphatic hydroxyl groups excluding tert-OH is 1. The molecule has 0 spiro atoms. The number of rotatable bonds is 19. The molecule has 2 atom stereocenters. The van der Waals surface area contributed by atoms with Crippen LogP contribution < -0.4 is 9.64 Å². The first-order valence-electron chi connectivity index (χ1n) is 21.2. The highest BCUT2D eigenvalue weighted by Crippen LogP contribution is 2.51. The first-order chi connectivity index (χ1) is 29.4. The summed E-state index contributed by atoms with van der Waals surface area (Å²) in [7, 11) is 4.86. The Morgan fingerprint density at radius 3 is 2.34 bits per heavy atom. The number of benzene rings is 3. The number of fused-ring (bicyclic) bond motifs is 2. The maximum atomic E-state index is 12.8. The van der Waals surface area contributed by atoms with Crippen molar-refractivity contribution in [3.05, 3.63) is 131 Å². The van der Waals surface area contributed by atoms with E-state index in [1.807, 2.05) is 19.0 Å². The predicted molar refractivity (Wildman–Crippen MR) is 256 cm³/mol. The molecular weight excluding hydrogens is 823 g/mol. The van der Waals surface area contributed by atoms with Crippen molar-refractivity contribution in [3.8, 4) is 5.75 Å². The van der Waals surface area contributed by atoms with Gasteiger partial charge in [0.05, 0.1) is 16.9 Å². The molecule has 9 nitrogen and oxygen atoms in total. The van der Waals surface area contributed by atoms with Crippen LogP contribution in [0.5, 0.6) is 5.75 Å². The molecule has 0 amide bonds. The van der Waals surface area contributed by atoms with Crippen molar-refractivity contribution in [1.82, 2.24) is 4.90 Å². The van der Waals surface area contributed by atoms with E-state index in [-0.39, 0.29) is 16.6 Å². The summed E-state index contributed by atoms with van der Waals surface area (Å²) in [5, 5.41) is 7.00. The predicted octanol–water partition coefficient (Wildman–Crippen LogP) is 10.1. The molecule has 0 saturated heterocycles. The number of carbonyl (C=O) groups is 1. The number of ether oxygens (including phenoxy) is 1. The quantitative estimate of drug-likeness (QED) is 0.0307. The van der Waals surface area contributed by atoms with E-state index in [1.165, 1.54) is 33.9 Å². The van der Waals surface area contributed by atoms with E-state index in [9.17, 15) is 18.1 Å². The molecule has 2 aliphatic heterocycles. The van der Waals surface area contributed by atoms with Gasteiger partial charge in [0.1, 0.15) is 23.8 Å². The summed E-state index contributed by atoms with van der Waals surface area (Å²) in [6.45, 7) is 8.96. The van der Waals surface area contributed by atoms with Gasteiger partial charge in [0, 0.05) is 66.8 Å². The van der Waals surface area contributed by atoms with E-state index in [4.69, 9.17) is 9.84 Å². The second kappa shape index (κ2) is 22.6. The molecular formula is C49H64N3O6S3+. The zero-order valence-corrected chi connectivity index (χ0v) is 39.1. The lowest BCUT2D eigenvalue weighted by Crippen LogP contribution is -2.30. The Kier molecular flexibility index (Phi) is 17.9. The van der Waals surface area contributed by atoms with E-state index in [0.717, 1.165) is 99.8 Å². The molecule has 61 heavy (non-hydrogen) atoms. The molecule has 0 bridgehead atoms. The normalized spacial score (nSPS) is 20.1. The highest BCUT2D eigenvalue weighted by atomic mass is 32.2. The van der Waals surface area contributed by atoms with Crippen LogP contribution in [0.4, 0.5) is 11.4 Å². The number of likely N-dealkylation sites (N-methyl/N-ethyl adjacent to an activating group) is 1. The molecule has 3 aromatic carbocycles. The number of hydrogen-bond acceptors (Lipinski definition) is 9. The van der Waals surface area contributed by atoms with Crippen molar-refractivity contribution in [3.63, 3.8) is 0 Å². The fraction of sp³-hybridized carbons (Fsp3) is 0.429. The third kappa shape index (κ3) is 11.4. The summed E-state index contributed by atoms with van der Waals surface area (Å²) in [5.74, 6) is 3.08. The summed E-state index contributed by atoms with van der Waals surface area (Å²) in [5.41, 5.74) is 9.02. The first-order valence-corrected chi connectivity index (χ1v) is 23.9. The van der Waals surface area contributed by atoms with Crippen LogP contribution in [0.1, 0.15) is 83.3 Å². The number of Topliss-reactive ketones (excluding diaryl/α,β-unsaturated/α-hetero) is 1. The smallest absolute Gasteiger partial charge is 0.209 e. The topological polar surface area (TPSA) is 114 Å². The minimum atomic E-state index is -2.09. The largest absolute Gasteiger partial charge is 0.457 e. The lowest BCUT2D eigenvalue weighted by molar-refractivity contribution is -0.437. The zero-order valence-electron chi connectivity index (χ0n) is 36.6. The van der Waals surface area contributed by atoms with Gasteiger partial charge in [-0.3, -0.25) is 4.79 Å². The molecule has 2 unspecified atom stereocenters. The van der Waals surface area contributed by atoms with E-state index >= 15 is 0 Å². The van der Waals surface area contributed by atoms with Gasteiger partial charge in [-0.2, -0.15) is 17.2 Å². The minimum Gasteiger partial charge on any atom is -0.457 e. The molecule has 1 aliphatic carbocycles. The average molecular weight is 887 g/mol. The van der Waals surface area contributed by atoms with Gasteiger partial charge in [-0.05, 0) is 150 Å². The summed E-state index contributed by atoms with van der Waals surface area (Å²) in [4.78, 5) is 17.5. The highest BCUT2D eigenvalue weighted by molar-refractivity contribution is 7.93. The van der Waals surface area contributed by atoms with Crippen molar-refractivity contribution in [2.45, 2.75) is 87.9 Å². The Bertz CT molecular complexity index is 2180. The summed E-state index contributed by atoms with van der Waals surface area (Å²) >= 11 is 3.34. The fourth-order valence-electron chi connectivity index (χ4n) is 8.94. The van der Waals surface area contributed by atoms with Crippen molar-refractivity contribution < 1.29 is 32.5 Å². The summed E-state index contributed by atoms with van der Waals surface area (Å²) in [6, 6.07) is 24.1. The van der Waals surface area contributed by atoms with Crippen LogP contribution in [0.3, 0.4) is 0 Å². The van der Waals surface area contributed by atoms with Gasteiger partial charge in [-0.15, -0.1) is 0 Å². The van der Waals surface area contributed by atoms with Crippen molar-refractivity contribution in [1.29, 1.82) is 0 Å². The van der Waals surface area contributed by atoms with Gasteiger partial charge < -0.3 is 28.7 Å². The molecule has 2 heterocycles. The molecule has 12 heteroatoms. The van der Waals surface area contributed by atoms with E-state index in [0.29, 0.717) is 29.4 Å². The van der Waals surface area contributed by atoms with Crippen LogP contribution in [0.2, 0.25) is 0 Å². The maximum Gasteiger partial charge on any atom is 0.209 e. The fourth-order valence-corrected chi connectivity index (χ4v) is 9.71. The van der Waals surface area contributed by atoms with Crippen LogP contribution in [-0.2, 0) is 26.7 Å². The lowest BCUT2D eigenvalue weighted by atomic mass is 9.77. The Morgan fingerprint density at radius 2 is 1.66 bits per heavy atom. The second-order valence-corrected chi connectivity index (χ2v) is 18.8. The van der Waals surface area contributed by atoms with E-state index < -0.39 is 11.1 Å². The number of allylic oxidation sites excluding steroid dienone is 7. The Balaban J connectivity index is 0.00000347.